The van der Waals surface area contributed by atoms with Crippen LogP contribution < -0.4 is 0 Å². The standard InChI is InChI=1S/C6HF3/c7-4-2-1-3(2)5(8)6(4)9/h1H. The Bertz CT molecular complexity index is 265. The van der Waals surface area contributed by atoms with Crippen molar-refractivity contribution >= 4 is 0 Å². The molecule has 2 aliphatic rings. The van der Waals surface area contributed by atoms with Crippen LogP contribution in [0, 0.1) is 17.5 Å². The van der Waals surface area contributed by atoms with Gasteiger partial charge in [-0.05, 0) is 6.07 Å². The first-order chi connectivity index (χ1) is 4.22. The first-order valence-corrected chi connectivity index (χ1v) is 2.39. The first-order valence-electron chi connectivity index (χ1n) is 2.39. The molecule has 0 aromatic heterocycles. The molecule has 0 N–H and O–H groups in total. The topological polar surface area (TPSA) is 0 Å². The Kier molecular flexibility index (Phi) is 0.605. The number of fused-ring (bicyclic) bond motifs is 1. The monoisotopic (exact) mass is 130 g/mol. The molecule has 0 spiro atoms. The molecule has 0 aromatic rings. The van der Waals surface area contributed by atoms with Crippen molar-refractivity contribution in [1.29, 1.82) is 0 Å². The quantitative estimate of drug-likeness (QED) is 0.479. The van der Waals surface area contributed by atoms with Gasteiger partial charge < -0.3 is 0 Å². The van der Waals surface area contributed by atoms with Gasteiger partial charge >= 0.3 is 0 Å². The second-order valence-corrected chi connectivity index (χ2v) is 1.91. The van der Waals surface area contributed by atoms with Gasteiger partial charge in [0, 0.05) is 11.1 Å². The highest BCUT2D eigenvalue weighted by Gasteiger charge is 2.30. The van der Waals surface area contributed by atoms with Gasteiger partial charge in [-0.25, -0.2) is 13.2 Å². The molecule has 0 radical (unpaired) electrons. The third kappa shape index (κ3) is 0.399. The highest BCUT2D eigenvalue weighted by Crippen LogP contribution is 2.42. The molecule has 0 amide bonds. The summed E-state index contributed by atoms with van der Waals surface area (Å²) >= 11 is 0. The third-order valence-electron chi connectivity index (χ3n) is 1.35. The maximum Gasteiger partial charge on any atom is 0.195 e. The molecular weight excluding hydrogens is 129 g/mol. The minimum absolute atomic E-state index is 0.0880. The van der Waals surface area contributed by atoms with E-state index in [1.807, 2.05) is 0 Å². The molecule has 0 saturated carbocycles. The molecule has 0 fully saturated rings. The van der Waals surface area contributed by atoms with Gasteiger partial charge in [-0.3, -0.25) is 0 Å². The zero-order chi connectivity index (χ0) is 6.59. The van der Waals surface area contributed by atoms with Gasteiger partial charge in [0.2, 0.25) is 0 Å². The molecular formula is C6HF3. The Morgan fingerprint density at radius 3 is 1.44 bits per heavy atom. The second-order valence-electron chi connectivity index (χ2n) is 1.91. The fourth-order valence-corrected chi connectivity index (χ4v) is 0.804. The van der Waals surface area contributed by atoms with E-state index < -0.39 is 17.5 Å². The largest absolute Gasteiger partial charge is 0.203 e. The summed E-state index contributed by atoms with van der Waals surface area (Å²) in [4.78, 5) is 0. The van der Waals surface area contributed by atoms with E-state index in [4.69, 9.17) is 0 Å². The SMILES string of the molecule is Fc1c2cc-2c(F)c1F. The average Bonchev–Trinajstić information content (AvgIpc) is 2.56. The molecule has 46 valence electrons. The van der Waals surface area contributed by atoms with Gasteiger partial charge in [-0.15, -0.1) is 0 Å². The molecule has 9 heavy (non-hydrogen) atoms. The fraction of sp³-hybridized carbons (Fsp3) is 0. The molecule has 3 heteroatoms. The lowest BCUT2D eigenvalue weighted by atomic mass is 10.5. The molecule has 0 bridgehead atoms. The summed E-state index contributed by atoms with van der Waals surface area (Å²) in [5, 5.41) is 0. The lowest BCUT2D eigenvalue weighted by Gasteiger charge is -1.78. The summed E-state index contributed by atoms with van der Waals surface area (Å²) in [6.45, 7) is 0. The van der Waals surface area contributed by atoms with E-state index >= 15 is 0 Å². The molecule has 2 aliphatic carbocycles. The summed E-state index contributed by atoms with van der Waals surface area (Å²) < 4.78 is 36.3. The molecule has 0 aromatic carbocycles. The van der Waals surface area contributed by atoms with E-state index in [-0.39, 0.29) is 11.1 Å². The highest BCUT2D eigenvalue weighted by molar-refractivity contribution is 5.82. The predicted octanol–water partition coefficient (Wildman–Crippen LogP) is 2.08. The molecule has 0 unspecified atom stereocenters. The van der Waals surface area contributed by atoms with Crippen LogP contribution in [0.25, 0.3) is 11.1 Å². The maximum absolute atomic E-state index is 12.2. The predicted molar refractivity (Wildman–Crippen MR) is 25.3 cm³/mol. The van der Waals surface area contributed by atoms with Gasteiger partial charge in [-0.2, -0.15) is 0 Å². The Morgan fingerprint density at radius 2 is 1.22 bits per heavy atom. The minimum atomic E-state index is -1.34. The minimum Gasteiger partial charge on any atom is -0.203 e. The Morgan fingerprint density at radius 1 is 0.778 bits per heavy atom. The highest BCUT2D eigenvalue weighted by atomic mass is 19.2. The van der Waals surface area contributed by atoms with Crippen molar-refractivity contribution in [1.82, 2.24) is 0 Å². The third-order valence-corrected chi connectivity index (χ3v) is 1.35. The van der Waals surface area contributed by atoms with Crippen molar-refractivity contribution in [3.05, 3.63) is 23.5 Å². The van der Waals surface area contributed by atoms with Crippen LogP contribution in [0.2, 0.25) is 0 Å². The van der Waals surface area contributed by atoms with E-state index in [1.54, 1.807) is 0 Å². The van der Waals surface area contributed by atoms with Crippen LogP contribution in [0.4, 0.5) is 13.2 Å². The van der Waals surface area contributed by atoms with Gasteiger partial charge in [0.05, 0.1) is 0 Å². The van der Waals surface area contributed by atoms with E-state index in [2.05, 4.69) is 0 Å². The second kappa shape index (κ2) is 1.12. The van der Waals surface area contributed by atoms with Crippen LogP contribution in [0.3, 0.4) is 0 Å². The number of hydrogen-bond acceptors (Lipinski definition) is 0. The number of rotatable bonds is 0. The summed E-state index contributed by atoms with van der Waals surface area (Å²) in [5.74, 6) is -3.45. The molecule has 0 aliphatic heterocycles. The van der Waals surface area contributed by atoms with E-state index in [9.17, 15) is 13.2 Å². The Hall–Kier alpha value is -0.990. The summed E-state index contributed by atoms with van der Waals surface area (Å²) in [7, 11) is 0. The molecule has 0 saturated heterocycles. The van der Waals surface area contributed by atoms with Crippen LogP contribution in [0.15, 0.2) is 6.07 Å². The van der Waals surface area contributed by atoms with Crippen molar-refractivity contribution < 1.29 is 13.2 Å². The van der Waals surface area contributed by atoms with Crippen LogP contribution in [0.1, 0.15) is 0 Å². The summed E-state index contributed by atoms with van der Waals surface area (Å²) in [6.07, 6.45) is 0. The Balaban J connectivity index is 2.76. The molecule has 0 heterocycles. The number of benzene rings is 1. The lowest BCUT2D eigenvalue weighted by molar-refractivity contribution is 0.464. The van der Waals surface area contributed by atoms with E-state index in [1.165, 1.54) is 6.07 Å². The van der Waals surface area contributed by atoms with Gasteiger partial charge in [0.1, 0.15) is 0 Å². The van der Waals surface area contributed by atoms with Crippen molar-refractivity contribution in [2.24, 2.45) is 0 Å². The van der Waals surface area contributed by atoms with Crippen LogP contribution in [-0.2, 0) is 0 Å². The molecule has 0 atom stereocenters. The van der Waals surface area contributed by atoms with Crippen molar-refractivity contribution in [3.8, 4) is 11.1 Å². The van der Waals surface area contributed by atoms with Crippen molar-refractivity contribution in [3.63, 3.8) is 0 Å². The smallest absolute Gasteiger partial charge is 0.195 e. The maximum atomic E-state index is 12.2. The average molecular weight is 130 g/mol. The van der Waals surface area contributed by atoms with Crippen molar-refractivity contribution in [2.75, 3.05) is 0 Å². The number of halogens is 3. The van der Waals surface area contributed by atoms with Gasteiger partial charge in [-0.1, -0.05) is 0 Å². The molecule has 2 rings (SSSR count). The molecule has 0 nitrogen and oxygen atoms in total. The fourth-order valence-electron chi connectivity index (χ4n) is 0.804. The van der Waals surface area contributed by atoms with E-state index in [0.717, 1.165) is 0 Å². The van der Waals surface area contributed by atoms with Crippen LogP contribution in [-0.4, -0.2) is 0 Å². The van der Waals surface area contributed by atoms with Crippen LogP contribution in [0.5, 0.6) is 0 Å². The zero-order valence-electron chi connectivity index (χ0n) is 4.21. The lowest BCUT2D eigenvalue weighted by Crippen LogP contribution is -1.76. The first kappa shape index (κ1) is 4.85. The normalized spacial score (nSPS) is 11.9. The van der Waals surface area contributed by atoms with Gasteiger partial charge in [0.25, 0.3) is 0 Å². The summed E-state index contributed by atoms with van der Waals surface area (Å²) in [5.41, 5.74) is 0.176. The number of hydrogen-bond donors (Lipinski definition) is 0. The van der Waals surface area contributed by atoms with Crippen LogP contribution >= 0.6 is 0 Å². The Labute approximate surface area is 48.9 Å². The van der Waals surface area contributed by atoms with E-state index in [0.29, 0.717) is 0 Å². The summed E-state index contributed by atoms with van der Waals surface area (Å²) in [6, 6.07) is 1.27. The van der Waals surface area contributed by atoms with Gasteiger partial charge in [0.15, 0.2) is 17.5 Å². The zero-order valence-corrected chi connectivity index (χ0v) is 4.21. The van der Waals surface area contributed by atoms with Crippen molar-refractivity contribution in [2.45, 2.75) is 0 Å².